The van der Waals surface area contributed by atoms with Crippen LogP contribution >= 0.6 is 0 Å². The van der Waals surface area contributed by atoms with Crippen LogP contribution in [0.2, 0.25) is 0 Å². The molecule has 0 amide bonds. The highest BCUT2D eigenvalue weighted by molar-refractivity contribution is 7.92. The molecule has 2 heterocycles. The van der Waals surface area contributed by atoms with E-state index in [1.807, 2.05) is 0 Å². The molecule has 8 heteroatoms. The number of benzene rings is 1. The molecule has 114 valence electrons. The molecule has 7 nitrogen and oxygen atoms in total. The molecule has 0 saturated heterocycles. The summed E-state index contributed by atoms with van der Waals surface area (Å²) in [4.78, 5) is 4.20. The average Bonchev–Trinajstić information content (AvgIpc) is 2.95. The zero-order chi connectivity index (χ0) is 15.6. The highest BCUT2D eigenvalue weighted by atomic mass is 32.2. The predicted molar refractivity (Wildman–Crippen MR) is 81.4 cm³/mol. The van der Waals surface area contributed by atoms with E-state index in [0.29, 0.717) is 23.7 Å². The van der Waals surface area contributed by atoms with Gasteiger partial charge in [-0.15, -0.1) is 0 Å². The van der Waals surface area contributed by atoms with Gasteiger partial charge in [0.15, 0.2) is 5.65 Å². The van der Waals surface area contributed by atoms with Crippen LogP contribution in [0.25, 0.3) is 5.65 Å². The molecule has 0 aliphatic heterocycles. The summed E-state index contributed by atoms with van der Waals surface area (Å²) in [6.45, 7) is 2.18. The van der Waals surface area contributed by atoms with Gasteiger partial charge in [0.1, 0.15) is 10.6 Å². The van der Waals surface area contributed by atoms with Gasteiger partial charge in [-0.1, -0.05) is 12.1 Å². The number of nitrogens with one attached hydrogen (secondary N) is 1. The Hall–Kier alpha value is -2.61. The third-order valence-corrected chi connectivity index (χ3v) is 4.36. The SMILES string of the molecule is CCOc1ccccc1S(=O)(=O)Nc1cnc2ccnn2c1. The van der Waals surface area contributed by atoms with E-state index < -0.39 is 10.0 Å². The number of aromatic nitrogens is 3. The first-order valence-electron chi connectivity index (χ1n) is 6.64. The molecule has 0 spiro atoms. The van der Waals surface area contributed by atoms with Crippen molar-refractivity contribution in [3.05, 3.63) is 48.9 Å². The van der Waals surface area contributed by atoms with Gasteiger partial charge < -0.3 is 4.74 Å². The van der Waals surface area contributed by atoms with Crippen molar-refractivity contribution in [1.82, 2.24) is 14.6 Å². The van der Waals surface area contributed by atoms with Crippen LogP contribution in [0.1, 0.15) is 6.92 Å². The van der Waals surface area contributed by atoms with Gasteiger partial charge in [-0.3, -0.25) is 4.72 Å². The highest BCUT2D eigenvalue weighted by Gasteiger charge is 2.19. The number of para-hydroxylation sites is 1. The van der Waals surface area contributed by atoms with Crippen molar-refractivity contribution < 1.29 is 13.2 Å². The Morgan fingerprint density at radius 2 is 2.09 bits per heavy atom. The lowest BCUT2D eigenvalue weighted by Crippen LogP contribution is -2.15. The Labute approximate surface area is 127 Å². The van der Waals surface area contributed by atoms with E-state index in [9.17, 15) is 8.42 Å². The van der Waals surface area contributed by atoms with Crippen molar-refractivity contribution in [2.24, 2.45) is 0 Å². The molecule has 0 aliphatic rings. The number of nitrogens with zero attached hydrogens (tertiary/aromatic N) is 3. The van der Waals surface area contributed by atoms with E-state index in [1.165, 1.54) is 16.8 Å². The predicted octanol–water partition coefficient (Wildman–Crippen LogP) is 1.93. The summed E-state index contributed by atoms with van der Waals surface area (Å²) < 4.78 is 34.4. The summed E-state index contributed by atoms with van der Waals surface area (Å²) in [6.07, 6.45) is 4.59. The van der Waals surface area contributed by atoms with Crippen molar-refractivity contribution >= 4 is 21.4 Å². The number of ether oxygens (including phenoxy) is 1. The Balaban J connectivity index is 1.96. The van der Waals surface area contributed by atoms with Crippen LogP contribution in [0.15, 0.2) is 53.8 Å². The molecule has 22 heavy (non-hydrogen) atoms. The number of hydrogen-bond acceptors (Lipinski definition) is 5. The molecule has 0 bridgehead atoms. The van der Waals surface area contributed by atoms with E-state index in [4.69, 9.17) is 4.74 Å². The van der Waals surface area contributed by atoms with Crippen LogP contribution in [-0.4, -0.2) is 29.6 Å². The monoisotopic (exact) mass is 318 g/mol. The second-order valence-electron chi connectivity index (χ2n) is 4.46. The molecule has 2 aromatic heterocycles. The molecule has 0 aliphatic carbocycles. The molecule has 0 fully saturated rings. The summed E-state index contributed by atoms with van der Waals surface area (Å²) >= 11 is 0. The van der Waals surface area contributed by atoms with Gasteiger partial charge in [-0.05, 0) is 19.1 Å². The van der Waals surface area contributed by atoms with Crippen LogP contribution in [0.3, 0.4) is 0 Å². The maximum absolute atomic E-state index is 12.5. The summed E-state index contributed by atoms with van der Waals surface area (Å²) in [5, 5.41) is 4.02. The number of fused-ring (bicyclic) bond motifs is 1. The van der Waals surface area contributed by atoms with Gasteiger partial charge in [0.25, 0.3) is 10.0 Å². The topological polar surface area (TPSA) is 85.6 Å². The molecule has 1 N–H and O–H groups in total. The van der Waals surface area contributed by atoms with Crippen molar-refractivity contribution in [2.45, 2.75) is 11.8 Å². The molecule has 0 radical (unpaired) electrons. The van der Waals surface area contributed by atoms with Gasteiger partial charge in [0, 0.05) is 6.07 Å². The van der Waals surface area contributed by atoms with Crippen molar-refractivity contribution in [3.63, 3.8) is 0 Å². The van der Waals surface area contributed by atoms with Crippen LogP contribution < -0.4 is 9.46 Å². The Morgan fingerprint density at radius 1 is 1.27 bits per heavy atom. The lowest BCUT2D eigenvalue weighted by Gasteiger charge is -2.12. The number of hydrogen-bond donors (Lipinski definition) is 1. The molecule has 0 saturated carbocycles. The van der Waals surface area contributed by atoms with Crippen LogP contribution in [0.5, 0.6) is 5.75 Å². The summed E-state index contributed by atoms with van der Waals surface area (Å²) in [6, 6.07) is 8.20. The lowest BCUT2D eigenvalue weighted by atomic mass is 10.3. The van der Waals surface area contributed by atoms with E-state index in [1.54, 1.807) is 43.6 Å². The van der Waals surface area contributed by atoms with Crippen LogP contribution in [0.4, 0.5) is 5.69 Å². The Kier molecular flexibility index (Phi) is 3.68. The zero-order valence-corrected chi connectivity index (χ0v) is 12.6. The number of sulfonamides is 1. The second kappa shape index (κ2) is 5.64. The maximum Gasteiger partial charge on any atom is 0.265 e. The van der Waals surface area contributed by atoms with Gasteiger partial charge in [0.2, 0.25) is 0 Å². The zero-order valence-electron chi connectivity index (χ0n) is 11.8. The normalized spacial score (nSPS) is 11.5. The first-order chi connectivity index (χ1) is 10.6. The average molecular weight is 318 g/mol. The summed E-state index contributed by atoms with van der Waals surface area (Å²) in [5.41, 5.74) is 0.958. The van der Waals surface area contributed by atoms with E-state index >= 15 is 0 Å². The maximum atomic E-state index is 12.5. The fraction of sp³-hybridized carbons (Fsp3) is 0.143. The molecule has 0 unspecified atom stereocenters. The minimum atomic E-state index is -3.77. The fourth-order valence-corrected chi connectivity index (χ4v) is 3.19. The smallest absolute Gasteiger partial charge is 0.265 e. The van der Waals surface area contributed by atoms with Crippen molar-refractivity contribution in [1.29, 1.82) is 0 Å². The van der Waals surface area contributed by atoms with Gasteiger partial charge in [-0.25, -0.2) is 17.9 Å². The largest absolute Gasteiger partial charge is 0.492 e. The molecule has 1 aromatic carbocycles. The van der Waals surface area contributed by atoms with Gasteiger partial charge in [0.05, 0.1) is 30.9 Å². The van der Waals surface area contributed by atoms with Gasteiger partial charge >= 0.3 is 0 Å². The molecular weight excluding hydrogens is 304 g/mol. The number of rotatable bonds is 5. The van der Waals surface area contributed by atoms with Crippen molar-refractivity contribution in [2.75, 3.05) is 11.3 Å². The second-order valence-corrected chi connectivity index (χ2v) is 6.11. The van der Waals surface area contributed by atoms with Crippen LogP contribution in [-0.2, 0) is 10.0 Å². The summed E-state index contributed by atoms with van der Waals surface area (Å²) in [7, 11) is -3.77. The first kappa shape index (κ1) is 14.3. The molecule has 3 rings (SSSR count). The molecular formula is C14H14N4O3S. The van der Waals surface area contributed by atoms with E-state index in [0.717, 1.165) is 0 Å². The standard InChI is InChI=1S/C14H14N4O3S/c1-2-21-12-5-3-4-6-13(12)22(19,20)17-11-9-15-14-7-8-16-18(14)10-11/h3-10,17H,2H2,1H3. The first-order valence-corrected chi connectivity index (χ1v) is 8.12. The highest BCUT2D eigenvalue weighted by Crippen LogP contribution is 2.25. The third kappa shape index (κ3) is 2.73. The summed E-state index contributed by atoms with van der Waals surface area (Å²) in [5.74, 6) is 0.311. The van der Waals surface area contributed by atoms with E-state index in [2.05, 4.69) is 14.8 Å². The van der Waals surface area contributed by atoms with E-state index in [-0.39, 0.29) is 4.90 Å². The van der Waals surface area contributed by atoms with Gasteiger partial charge in [-0.2, -0.15) is 5.10 Å². The molecule has 0 atom stereocenters. The quantitative estimate of drug-likeness (QED) is 0.777. The molecule has 3 aromatic rings. The van der Waals surface area contributed by atoms with Crippen molar-refractivity contribution in [3.8, 4) is 5.75 Å². The Bertz CT molecular complexity index is 905. The third-order valence-electron chi connectivity index (χ3n) is 2.94. The fourth-order valence-electron chi connectivity index (χ4n) is 2.02. The number of anilines is 1. The lowest BCUT2D eigenvalue weighted by molar-refractivity contribution is 0.331. The van der Waals surface area contributed by atoms with Crippen LogP contribution in [0, 0.1) is 0 Å². The Morgan fingerprint density at radius 3 is 2.91 bits per heavy atom. The minimum Gasteiger partial charge on any atom is -0.492 e. The minimum absolute atomic E-state index is 0.0809.